The van der Waals surface area contributed by atoms with Crippen LogP contribution >= 0.6 is 15.9 Å². The number of ether oxygens (including phenoxy) is 1. The predicted octanol–water partition coefficient (Wildman–Crippen LogP) is 4.09. The van der Waals surface area contributed by atoms with Gasteiger partial charge in [-0.15, -0.1) is 0 Å². The zero-order valence-corrected chi connectivity index (χ0v) is 12.5. The van der Waals surface area contributed by atoms with E-state index >= 15 is 0 Å². The van der Waals surface area contributed by atoms with Crippen molar-refractivity contribution in [3.63, 3.8) is 0 Å². The van der Waals surface area contributed by atoms with Gasteiger partial charge in [-0.1, -0.05) is 22.0 Å². The largest absolute Gasteiger partial charge is 0.493 e. The number of halogens is 3. The van der Waals surface area contributed by atoms with Gasteiger partial charge in [0.2, 0.25) is 0 Å². The molecule has 0 aliphatic carbocycles. The standard InChI is InChI=1S/C16H11BrF2O2/c17-11-6-9-4-5-21-16(9)10(7-11)8-14(20)15-12(18)2-1-3-13(15)19/h1-3,6-7H,4-5,8H2. The summed E-state index contributed by atoms with van der Waals surface area (Å²) in [7, 11) is 0. The van der Waals surface area contributed by atoms with Crippen LogP contribution in [-0.4, -0.2) is 12.4 Å². The molecule has 108 valence electrons. The van der Waals surface area contributed by atoms with Gasteiger partial charge in [-0.2, -0.15) is 0 Å². The van der Waals surface area contributed by atoms with Gasteiger partial charge in [0, 0.05) is 22.9 Å². The molecule has 0 radical (unpaired) electrons. The van der Waals surface area contributed by atoms with Gasteiger partial charge < -0.3 is 4.74 Å². The second-order valence-electron chi connectivity index (χ2n) is 4.85. The molecule has 3 rings (SSSR count). The van der Waals surface area contributed by atoms with Gasteiger partial charge in [0.1, 0.15) is 17.4 Å². The van der Waals surface area contributed by atoms with Crippen LogP contribution in [0.4, 0.5) is 8.78 Å². The fourth-order valence-electron chi connectivity index (χ4n) is 2.50. The number of carbonyl (C=O) groups is 1. The third-order valence-electron chi connectivity index (χ3n) is 3.42. The minimum atomic E-state index is -0.840. The normalized spacial score (nSPS) is 12.9. The number of Topliss-reactive ketones (excluding diaryl/α,β-unsaturated/α-hetero) is 1. The van der Waals surface area contributed by atoms with Crippen molar-refractivity contribution in [2.75, 3.05) is 6.61 Å². The lowest BCUT2D eigenvalue weighted by atomic mass is 9.99. The molecule has 21 heavy (non-hydrogen) atoms. The van der Waals surface area contributed by atoms with Gasteiger partial charge in [0.15, 0.2) is 5.78 Å². The first-order valence-corrected chi connectivity index (χ1v) is 7.27. The number of benzene rings is 2. The van der Waals surface area contributed by atoms with Crippen molar-refractivity contribution >= 4 is 21.7 Å². The number of fused-ring (bicyclic) bond motifs is 1. The van der Waals surface area contributed by atoms with E-state index in [2.05, 4.69) is 15.9 Å². The lowest BCUT2D eigenvalue weighted by Gasteiger charge is -2.09. The lowest BCUT2D eigenvalue weighted by Crippen LogP contribution is -2.10. The predicted molar refractivity (Wildman–Crippen MR) is 77.7 cm³/mol. The Kier molecular flexibility index (Phi) is 3.76. The van der Waals surface area contributed by atoms with Crippen LogP contribution in [0.2, 0.25) is 0 Å². The van der Waals surface area contributed by atoms with E-state index in [1.807, 2.05) is 6.07 Å². The number of ketones is 1. The van der Waals surface area contributed by atoms with Crippen molar-refractivity contribution in [3.05, 3.63) is 63.1 Å². The topological polar surface area (TPSA) is 26.3 Å². The van der Waals surface area contributed by atoms with Crippen molar-refractivity contribution in [2.24, 2.45) is 0 Å². The van der Waals surface area contributed by atoms with Crippen molar-refractivity contribution < 1.29 is 18.3 Å². The summed E-state index contributed by atoms with van der Waals surface area (Å²) in [4.78, 5) is 12.2. The van der Waals surface area contributed by atoms with Crippen molar-refractivity contribution in [3.8, 4) is 5.75 Å². The molecule has 0 bridgehead atoms. The first-order valence-electron chi connectivity index (χ1n) is 6.47. The molecular weight excluding hydrogens is 342 g/mol. The van der Waals surface area contributed by atoms with E-state index in [0.717, 1.165) is 28.6 Å². The van der Waals surface area contributed by atoms with Crippen LogP contribution < -0.4 is 4.74 Å². The molecule has 0 saturated carbocycles. The number of hydrogen-bond donors (Lipinski definition) is 0. The Morgan fingerprint density at radius 1 is 1.24 bits per heavy atom. The Morgan fingerprint density at radius 3 is 2.67 bits per heavy atom. The number of rotatable bonds is 3. The Labute approximate surface area is 128 Å². The average molecular weight is 353 g/mol. The van der Waals surface area contributed by atoms with Gasteiger partial charge in [0.25, 0.3) is 0 Å². The molecule has 1 aliphatic heterocycles. The molecule has 2 nitrogen and oxygen atoms in total. The Morgan fingerprint density at radius 2 is 1.95 bits per heavy atom. The van der Waals surface area contributed by atoms with Crippen molar-refractivity contribution in [1.82, 2.24) is 0 Å². The van der Waals surface area contributed by atoms with Gasteiger partial charge in [-0.3, -0.25) is 4.79 Å². The van der Waals surface area contributed by atoms with Crippen LogP contribution in [-0.2, 0) is 12.8 Å². The molecule has 0 fully saturated rings. The molecule has 0 N–H and O–H groups in total. The molecule has 0 amide bonds. The SMILES string of the molecule is O=C(Cc1cc(Br)cc2c1OCC2)c1c(F)cccc1F. The summed E-state index contributed by atoms with van der Waals surface area (Å²) < 4.78 is 33.7. The summed E-state index contributed by atoms with van der Waals surface area (Å²) in [5.41, 5.74) is 1.15. The molecule has 2 aromatic carbocycles. The molecule has 0 aromatic heterocycles. The highest BCUT2D eigenvalue weighted by Gasteiger charge is 2.22. The maximum atomic E-state index is 13.7. The fraction of sp³-hybridized carbons (Fsp3) is 0.188. The van der Waals surface area contributed by atoms with E-state index in [1.54, 1.807) is 6.07 Å². The van der Waals surface area contributed by atoms with Crippen molar-refractivity contribution in [2.45, 2.75) is 12.8 Å². The molecule has 1 aliphatic rings. The first-order chi connectivity index (χ1) is 10.1. The average Bonchev–Trinajstić information content (AvgIpc) is 2.86. The summed E-state index contributed by atoms with van der Waals surface area (Å²) >= 11 is 3.38. The minimum Gasteiger partial charge on any atom is -0.493 e. The molecule has 0 spiro atoms. The molecule has 2 aromatic rings. The fourth-order valence-corrected chi connectivity index (χ4v) is 3.06. The zero-order valence-electron chi connectivity index (χ0n) is 11.0. The molecule has 1 heterocycles. The maximum absolute atomic E-state index is 13.7. The first kappa shape index (κ1) is 14.2. The van der Waals surface area contributed by atoms with E-state index in [9.17, 15) is 13.6 Å². The molecule has 5 heteroatoms. The highest BCUT2D eigenvalue weighted by molar-refractivity contribution is 9.10. The van der Waals surface area contributed by atoms with Gasteiger partial charge >= 0.3 is 0 Å². The Bertz CT molecular complexity index is 708. The summed E-state index contributed by atoms with van der Waals surface area (Å²) in [6.45, 7) is 0.557. The minimum absolute atomic E-state index is 0.0976. The third kappa shape index (κ3) is 2.70. The van der Waals surface area contributed by atoms with Crippen LogP contribution in [0.25, 0.3) is 0 Å². The zero-order chi connectivity index (χ0) is 15.0. The van der Waals surface area contributed by atoms with E-state index < -0.39 is 23.0 Å². The highest BCUT2D eigenvalue weighted by atomic mass is 79.9. The van der Waals surface area contributed by atoms with E-state index in [-0.39, 0.29) is 6.42 Å². The van der Waals surface area contributed by atoms with Gasteiger partial charge in [0.05, 0.1) is 12.2 Å². The van der Waals surface area contributed by atoms with Crippen LogP contribution in [0, 0.1) is 11.6 Å². The van der Waals surface area contributed by atoms with Gasteiger partial charge in [-0.05, 0) is 29.8 Å². The monoisotopic (exact) mass is 352 g/mol. The van der Waals surface area contributed by atoms with Crippen LogP contribution in [0.15, 0.2) is 34.8 Å². The van der Waals surface area contributed by atoms with Crippen LogP contribution in [0.3, 0.4) is 0 Å². The summed E-state index contributed by atoms with van der Waals surface area (Å²) in [6, 6.07) is 7.08. The second-order valence-corrected chi connectivity index (χ2v) is 5.76. The quantitative estimate of drug-likeness (QED) is 0.777. The van der Waals surface area contributed by atoms with Crippen molar-refractivity contribution in [1.29, 1.82) is 0 Å². The summed E-state index contributed by atoms with van der Waals surface area (Å²) in [5.74, 6) is -1.62. The molecule has 0 saturated heterocycles. The maximum Gasteiger partial charge on any atom is 0.173 e. The Hall–Kier alpha value is -1.75. The van der Waals surface area contributed by atoms with E-state index in [1.165, 1.54) is 6.07 Å². The molecule has 0 atom stereocenters. The number of hydrogen-bond acceptors (Lipinski definition) is 2. The van der Waals surface area contributed by atoms with Crippen LogP contribution in [0.1, 0.15) is 21.5 Å². The lowest BCUT2D eigenvalue weighted by molar-refractivity contribution is 0.0984. The van der Waals surface area contributed by atoms with E-state index in [4.69, 9.17) is 4.74 Å². The van der Waals surface area contributed by atoms with Gasteiger partial charge in [-0.25, -0.2) is 8.78 Å². The summed E-state index contributed by atoms with van der Waals surface area (Å²) in [5, 5.41) is 0. The molecular formula is C16H11BrF2O2. The third-order valence-corrected chi connectivity index (χ3v) is 3.88. The smallest absolute Gasteiger partial charge is 0.173 e. The van der Waals surface area contributed by atoms with E-state index in [0.29, 0.717) is 17.9 Å². The molecule has 0 unspecified atom stereocenters. The number of carbonyl (C=O) groups excluding carboxylic acids is 1. The summed E-state index contributed by atoms with van der Waals surface area (Å²) in [6.07, 6.45) is 0.670. The second kappa shape index (κ2) is 5.56. The Balaban J connectivity index is 1.96. The highest BCUT2D eigenvalue weighted by Crippen LogP contribution is 2.34. The van der Waals surface area contributed by atoms with Crippen LogP contribution in [0.5, 0.6) is 5.75 Å².